The molecule has 2 heterocycles. The fraction of sp³-hybridized carbons (Fsp3) is 0.161. The maximum absolute atomic E-state index is 14.0. The number of benzene rings is 3. The Kier molecular flexibility index (Phi) is 6.94. The second-order valence-corrected chi connectivity index (χ2v) is 11.1. The summed E-state index contributed by atoms with van der Waals surface area (Å²) in [5.41, 5.74) is 5.90. The maximum atomic E-state index is 14.0. The van der Waals surface area contributed by atoms with E-state index in [0.29, 0.717) is 37.5 Å². The molecule has 0 radical (unpaired) electrons. The lowest BCUT2D eigenvalue weighted by molar-refractivity contribution is 0.326. The van der Waals surface area contributed by atoms with Crippen molar-refractivity contribution in [2.75, 3.05) is 13.7 Å². The molecule has 39 heavy (non-hydrogen) atoms. The third-order valence-corrected chi connectivity index (χ3v) is 8.52. The van der Waals surface area contributed by atoms with Gasteiger partial charge in [0.15, 0.2) is 16.3 Å². The lowest BCUT2D eigenvalue weighted by Crippen LogP contribution is -2.38. The van der Waals surface area contributed by atoms with Gasteiger partial charge in [0.25, 0.3) is 5.56 Å². The van der Waals surface area contributed by atoms with Crippen LogP contribution in [0.15, 0.2) is 88.7 Å². The number of aromatic nitrogens is 1. The maximum Gasteiger partial charge on any atom is 0.271 e. The monoisotopic (exact) mass is 574 g/mol. The Morgan fingerprint density at radius 1 is 1.10 bits per heavy atom. The standard InChI is InChI=1S/C31H24Cl2N2O3S/c1-3-14-38-25-13-8-18(15-26(25)37-2)16-27-30(36)35-29(22-12-10-20(32)17-24(22)33)23-11-9-19-6-4-5-7-21(19)28(23)34-31(35)39-27/h3-8,10,12-13,15-17,29H,1,9,11,14H2,2H3. The van der Waals surface area contributed by atoms with Crippen LogP contribution in [0.5, 0.6) is 11.5 Å². The Bertz CT molecular complexity index is 1840. The summed E-state index contributed by atoms with van der Waals surface area (Å²) in [4.78, 5) is 19.7. The van der Waals surface area contributed by atoms with Gasteiger partial charge in [0.05, 0.1) is 23.4 Å². The van der Waals surface area contributed by atoms with Gasteiger partial charge in [-0.1, -0.05) is 83.6 Å². The minimum atomic E-state index is -0.374. The van der Waals surface area contributed by atoms with Crippen LogP contribution in [0.1, 0.15) is 34.7 Å². The summed E-state index contributed by atoms with van der Waals surface area (Å²) < 4.78 is 13.5. The number of ether oxygens (including phenoxy) is 2. The van der Waals surface area contributed by atoms with Crippen molar-refractivity contribution in [3.63, 3.8) is 0 Å². The van der Waals surface area contributed by atoms with E-state index in [9.17, 15) is 4.79 Å². The molecule has 196 valence electrons. The van der Waals surface area contributed by atoms with E-state index in [-0.39, 0.29) is 11.6 Å². The summed E-state index contributed by atoms with van der Waals surface area (Å²) in [6.07, 6.45) is 5.19. The first-order valence-electron chi connectivity index (χ1n) is 12.5. The van der Waals surface area contributed by atoms with E-state index in [0.717, 1.165) is 40.8 Å². The zero-order valence-corrected chi connectivity index (χ0v) is 23.4. The predicted octanol–water partition coefficient (Wildman–Crippen LogP) is 6.20. The van der Waals surface area contributed by atoms with Crippen LogP contribution in [-0.2, 0) is 6.42 Å². The number of hydrogen-bond donors (Lipinski definition) is 0. The molecule has 0 N–H and O–H groups in total. The van der Waals surface area contributed by atoms with E-state index in [2.05, 4.69) is 24.8 Å². The molecule has 2 aliphatic rings. The molecule has 0 amide bonds. The molecule has 1 aliphatic carbocycles. The van der Waals surface area contributed by atoms with Crippen LogP contribution >= 0.6 is 34.5 Å². The van der Waals surface area contributed by atoms with E-state index in [1.165, 1.54) is 16.9 Å². The number of halogens is 2. The first kappa shape index (κ1) is 25.7. The van der Waals surface area contributed by atoms with Gasteiger partial charge >= 0.3 is 0 Å². The average molecular weight is 576 g/mol. The molecule has 0 saturated heterocycles. The van der Waals surface area contributed by atoms with Crippen LogP contribution < -0.4 is 24.4 Å². The first-order chi connectivity index (χ1) is 19.0. The highest BCUT2D eigenvalue weighted by Crippen LogP contribution is 2.43. The Morgan fingerprint density at radius 3 is 2.74 bits per heavy atom. The van der Waals surface area contributed by atoms with Crippen LogP contribution in [0.2, 0.25) is 10.0 Å². The van der Waals surface area contributed by atoms with Gasteiger partial charge in [0.2, 0.25) is 0 Å². The topological polar surface area (TPSA) is 52.8 Å². The summed E-state index contributed by atoms with van der Waals surface area (Å²) in [5.74, 6) is 1.19. The van der Waals surface area contributed by atoms with Gasteiger partial charge < -0.3 is 9.47 Å². The molecule has 1 aromatic heterocycles. The molecule has 1 atom stereocenters. The van der Waals surface area contributed by atoms with Crippen molar-refractivity contribution in [3.8, 4) is 11.5 Å². The molecule has 0 bridgehead atoms. The highest BCUT2D eigenvalue weighted by atomic mass is 35.5. The van der Waals surface area contributed by atoms with Crippen molar-refractivity contribution in [2.45, 2.75) is 18.9 Å². The average Bonchev–Trinajstić information content (AvgIpc) is 3.25. The van der Waals surface area contributed by atoms with Crippen LogP contribution in [0.3, 0.4) is 0 Å². The number of methoxy groups -OCH3 is 1. The van der Waals surface area contributed by atoms with Crippen molar-refractivity contribution >= 4 is 46.3 Å². The van der Waals surface area contributed by atoms with E-state index in [1.807, 2.05) is 42.5 Å². The summed E-state index contributed by atoms with van der Waals surface area (Å²) in [5, 5.41) is 1.07. The van der Waals surface area contributed by atoms with Crippen LogP contribution in [0.4, 0.5) is 0 Å². The van der Waals surface area contributed by atoms with Gasteiger partial charge in [0.1, 0.15) is 6.61 Å². The van der Waals surface area contributed by atoms with Crippen molar-refractivity contribution in [2.24, 2.45) is 4.99 Å². The van der Waals surface area contributed by atoms with Crippen LogP contribution in [0, 0.1) is 0 Å². The lowest BCUT2D eigenvalue weighted by atomic mass is 9.83. The molecule has 8 heteroatoms. The van der Waals surface area contributed by atoms with E-state index < -0.39 is 0 Å². The fourth-order valence-corrected chi connectivity index (χ4v) is 6.73. The third-order valence-electron chi connectivity index (χ3n) is 6.97. The van der Waals surface area contributed by atoms with Gasteiger partial charge in [-0.3, -0.25) is 9.36 Å². The number of allylic oxidation sites excluding steroid dienone is 1. The van der Waals surface area contributed by atoms with E-state index in [1.54, 1.807) is 23.8 Å². The van der Waals surface area contributed by atoms with Gasteiger partial charge in [-0.15, -0.1) is 0 Å². The van der Waals surface area contributed by atoms with Crippen LogP contribution in [-0.4, -0.2) is 18.3 Å². The van der Waals surface area contributed by atoms with Crippen molar-refractivity contribution in [1.29, 1.82) is 0 Å². The molecular weight excluding hydrogens is 551 g/mol. The second kappa shape index (κ2) is 10.5. The highest BCUT2D eigenvalue weighted by Gasteiger charge is 2.33. The summed E-state index contributed by atoms with van der Waals surface area (Å²) in [6.45, 7) is 4.06. The highest BCUT2D eigenvalue weighted by molar-refractivity contribution is 7.07. The zero-order chi connectivity index (χ0) is 27.1. The number of fused-ring (bicyclic) bond motifs is 3. The van der Waals surface area contributed by atoms with E-state index >= 15 is 0 Å². The molecule has 0 fully saturated rings. The molecule has 6 rings (SSSR count). The molecule has 1 aliphatic heterocycles. The summed E-state index contributed by atoms with van der Waals surface area (Å²) in [7, 11) is 1.59. The number of thiazole rings is 1. The molecule has 3 aromatic carbocycles. The number of aryl methyl sites for hydroxylation is 1. The van der Waals surface area contributed by atoms with Crippen molar-refractivity contribution in [3.05, 3.63) is 131 Å². The SMILES string of the molecule is C=CCOc1ccc(C=c2sc3n(c2=O)C(c2ccc(Cl)cc2Cl)C2=C(N=3)c3ccccc3CC2)cc1OC. The quantitative estimate of drug-likeness (QED) is 0.258. The van der Waals surface area contributed by atoms with Gasteiger partial charge in [-0.2, -0.15) is 0 Å². The summed E-state index contributed by atoms with van der Waals surface area (Å²) in [6, 6.07) is 19.0. The Morgan fingerprint density at radius 2 is 1.95 bits per heavy atom. The van der Waals surface area contributed by atoms with Gasteiger partial charge in [-0.25, -0.2) is 4.99 Å². The van der Waals surface area contributed by atoms with Crippen LogP contribution in [0.25, 0.3) is 11.8 Å². The normalized spacial score (nSPS) is 16.2. The molecule has 1 unspecified atom stereocenters. The van der Waals surface area contributed by atoms with Crippen molar-refractivity contribution < 1.29 is 9.47 Å². The van der Waals surface area contributed by atoms with E-state index in [4.69, 9.17) is 37.7 Å². The second-order valence-electron chi connectivity index (χ2n) is 9.29. The largest absolute Gasteiger partial charge is 0.493 e. The minimum absolute atomic E-state index is 0.119. The smallest absolute Gasteiger partial charge is 0.271 e. The fourth-order valence-electron chi connectivity index (χ4n) is 5.22. The Hall–Kier alpha value is -3.58. The lowest BCUT2D eigenvalue weighted by Gasteiger charge is -2.31. The predicted molar refractivity (Wildman–Crippen MR) is 158 cm³/mol. The Balaban J connectivity index is 1.55. The number of rotatable bonds is 6. The van der Waals surface area contributed by atoms with Gasteiger partial charge in [-0.05, 0) is 65.4 Å². The molecule has 4 aromatic rings. The number of nitrogens with zero attached hydrogens (tertiary/aromatic N) is 2. The third kappa shape index (κ3) is 4.63. The summed E-state index contributed by atoms with van der Waals surface area (Å²) >= 11 is 14.3. The molecular formula is C31H24Cl2N2O3S. The molecule has 0 saturated carbocycles. The molecule has 0 spiro atoms. The Labute approximate surface area is 239 Å². The van der Waals surface area contributed by atoms with Gasteiger partial charge in [0, 0.05) is 15.6 Å². The zero-order valence-electron chi connectivity index (χ0n) is 21.1. The number of hydrogen-bond acceptors (Lipinski definition) is 5. The minimum Gasteiger partial charge on any atom is -0.493 e. The first-order valence-corrected chi connectivity index (χ1v) is 14.1. The molecule has 5 nitrogen and oxygen atoms in total. The van der Waals surface area contributed by atoms with Crippen molar-refractivity contribution in [1.82, 2.24) is 4.57 Å².